The summed E-state index contributed by atoms with van der Waals surface area (Å²) in [6, 6.07) is 9.82. The Kier molecular flexibility index (Phi) is 4.62. The van der Waals surface area contributed by atoms with E-state index in [-0.39, 0.29) is 29.9 Å². The molecule has 1 aromatic carbocycles. The fourth-order valence-electron chi connectivity index (χ4n) is 3.15. The first-order chi connectivity index (χ1) is 10.7. The smallest absolute Gasteiger partial charge is 0.233 e. The highest BCUT2D eigenvalue weighted by Gasteiger charge is 2.45. The maximum atomic E-state index is 12.5. The van der Waals surface area contributed by atoms with Gasteiger partial charge < -0.3 is 0 Å². The number of nitrogens with zero attached hydrogens (tertiary/aromatic N) is 1. The largest absolute Gasteiger partial charge is 0.299 e. The lowest BCUT2D eigenvalue weighted by molar-refractivity contribution is -0.141. The second kappa shape index (κ2) is 6.65. The molecule has 0 aromatic heterocycles. The van der Waals surface area contributed by atoms with Crippen molar-refractivity contribution in [1.29, 1.82) is 0 Å². The zero-order chi connectivity index (χ0) is 15.5. The molecular formula is C17H19NO3S. The number of carbonyl (C=O) groups is 3. The monoisotopic (exact) mass is 317 g/mol. The van der Waals surface area contributed by atoms with Crippen LogP contribution in [0, 0.1) is 11.8 Å². The van der Waals surface area contributed by atoms with Crippen molar-refractivity contribution in [2.75, 3.05) is 18.1 Å². The van der Waals surface area contributed by atoms with Crippen LogP contribution in [0.3, 0.4) is 0 Å². The van der Waals surface area contributed by atoms with Crippen LogP contribution in [-0.2, 0) is 20.8 Å². The zero-order valence-corrected chi connectivity index (χ0v) is 13.2. The lowest BCUT2D eigenvalue weighted by Crippen LogP contribution is -2.37. The Morgan fingerprint density at radius 2 is 1.86 bits per heavy atom. The summed E-state index contributed by atoms with van der Waals surface area (Å²) in [6.07, 6.45) is 1.39. The molecule has 1 unspecified atom stereocenters. The van der Waals surface area contributed by atoms with Crippen molar-refractivity contribution in [2.24, 2.45) is 11.8 Å². The van der Waals surface area contributed by atoms with Gasteiger partial charge in [0.25, 0.3) is 0 Å². The van der Waals surface area contributed by atoms with Crippen molar-refractivity contribution in [2.45, 2.75) is 19.3 Å². The van der Waals surface area contributed by atoms with E-state index >= 15 is 0 Å². The number of likely N-dealkylation sites (tertiary alicyclic amines) is 1. The first kappa shape index (κ1) is 15.3. The molecule has 116 valence electrons. The van der Waals surface area contributed by atoms with Crippen LogP contribution >= 0.6 is 11.8 Å². The van der Waals surface area contributed by atoms with Gasteiger partial charge in [0.05, 0.1) is 5.92 Å². The van der Waals surface area contributed by atoms with Crippen LogP contribution in [-0.4, -0.2) is 40.5 Å². The molecule has 0 aliphatic carbocycles. The van der Waals surface area contributed by atoms with Crippen molar-refractivity contribution in [3.63, 3.8) is 0 Å². The Morgan fingerprint density at radius 3 is 2.59 bits per heavy atom. The summed E-state index contributed by atoms with van der Waals surface area (Å²) < 4.78 is 0. The summed E-state index contributed by atoms with van der Waals surface area (Å²) in [4.78, 5) is 38.1. The summed E-state index contributed by atoms with van der Waals surface area (Å²) in [5.41, 5.74) is 1.11. The number of benzene rings is 1. The van der Waals surface area contributed by atoms with Crippen LogP contribution in [0.4, 0.5) is 0 Å². The highest BCUT2D eigenvalue weighted by molar-refractivity contribution is 7.99. The van der Waals surface area contributed by atoms with Crippen molar-refractivity contribution >= 4 is 29.4 Å². The van der Waals surface area contributed by atoms with Gasteiger partial charge in [0.2, 0.25) is 11.8 Å². The molecule has 2 heterocycles. The van der Waals surface area contributed by atoms with Crippen LogP contribution in [0.15, 0.2) is 30.3 Å². The maximum absolute atomic E-state index is 12.5. The van der Waals surface area contributed by atoms with Crippen molar-refractivity contribution in [3.8, 4) is 0 Å². The molecule has 22 heavy (non-hydrogen) atoms. The molecule has 2 saturated heterocycles. The number of ketones is 1. The molecule has 0 spiro atoms. The molecule has 0 N–H and O–H groups in total. The molecule has 2 aliphatic rings. The summed E-state index contributed by atoms with van der Waals surface area (Å²) in [5, 5.41) is 0. The molecule has 0 bridgehead atoms. The van der Waals surface area contributed by atoms with Gasteiger partial charge in [-0.3, -0.25) is 19.3 Å². The second-order valence-electron chi connectivity index (χ2n) is 5.83. The Morgan fingerprint density at radius 1 is 1.09 bits per heavy atom. The molecule has 2 atom stereocenters. The summed E-state index contributed by atoms with van der Waals surface area (Å²) in [6.45, 7) is 0.409. The van der Waals surface area contributed by atoms with Gasteiger partial charge in [0.1, 0.15) is 5.78 Å². The number of imide groups is 1. The Bertz CT molecular complexity index is 587. The number of Topliss-reactive ketones (excluding diaryl/α,β-unsaturated/α-hetero) is 1. The van der Waals surface area contributed by atoms with E-state index in [9.17, 15) is 14.4 Å². The third-order valence-corrected chi connectivity index (χ3v) is 5.52. The highest BCUT2D eigenvalue weighted by Crippen LogP contribution is 2.33. The lowest BCUT2D eigenvalue weighted by Gasteiger charge is -2.24. The normalized spacial score (nSPS) is 25.8. The molecule has 4 nitrogen and oxygen atoms in total. The highest BCUT2D eigenvalue weighted by atomic mass is 32.2. The van der Waals surface area contributed by atoms with Gasteiger partial charge >= 0.3 is 0 Å². The number of carbonyl (C=O) groups excluding carboxylic acids is 3. The topological polar surface area (TPSA) is 54.5 Å². The van der Waals surface area contributed by atoms with Crippen LogP contribution in [0.1, 0.15) is 18.4 Å². The van der Waals surface area contributed by atoms with Gasteiger partial charge in [-0.2, -0.15) is 11.8 Å². The second-order valence-corrected chi connectivity index (χ2v) is 6.98. The van der Waals surface area contributed by atoms with Crippen LogP contribution in [0.5, 0.6) is 0 Å². The maximum Gasteiger partial charge on any atom is 0.233 e. The van der Waals surface area contributed by atoms with Crippen molar-refractivity contribution < 1.29 is 14.4 Å². The molecule has 0 saturated carbocycles. The first-order valence-corrected chi connectivity index (χ1v) is 8.81. The van der Waals surface area contributed by atoms with Gasteiger partial charge in [-0.1, -0.05) is 30.3 Å². The molecule has 2 aliphatic heterocycles. The quantitative estimate of drug-likeness (QED) is 0.796. The number of hydrogen-bond donors (Lipinski definition) is 0. The predicted octanol–water partition coefficient (Wildman–Crippen LogP) is 1.93. The van der Waals surface area contributed by atoms with Gasteiger partial charge in [0.15, 0.2) is 0 Å². The van der Waals surface area contributed by atoms with Gasteiger partial charge in [-0.25, -0.2) is 0 Å². The number of hydrogen-bond acceptors (Lipinski definition) is 4. The van der Waals surface area contributed by atoms with Crippen LogP contribution in [0.2, 0.25) is 0 Å². The molecule has 2 fully saturated rings. The Balaban J connectivity index is 1.65. The molecular weight excluding hydrogens is 298 g/mol. The van der Waals surface area contributed by atoms with E-state index in [2.05, 4.69) is 0 Å². The van der Waals surface area contributed by atoms with E-state index in [0.717, 1.165) is 11.3 Å². The zero-order valence-electron chi connectivity index (χ0n) is 12.4. The molecule has 1 aromatic rings. The van der Waals surface area contributed by atoms with Gasteiger partial charge in [-0.05, 0) is 12.0 Å². The van der Waals surface area contributed by atoms with E-state index in [0.29, 0.717) is 25.1 Å². The SMILES string of the molecule is O=C1CCSCC1[C@H]1CC(=O)N(CCc2ccccc2)C1=O. The fraction of sp³-hybridized carbons (Fsp3) is 0.471. The van der Waals surface area contributed by atoms with Crippen LogP contribution < -0.4 is 0 Å². The minimum atomic E-state index is -0.427. The van der Waals surface area contributed by atoms with E-state index < -0.39 is 5.92 Å². The van der Waals surface area contributed by atoms with E-state index in [1.807, 2.05) is 30.3 Å². The number of amides is 2. The predicted molar refractivity (Wildman–Crippen MR) is 85.4 cm³/mol. The summed E-state index contributed by atoms with van der Waals surface area (Å²) in [5.74, 6) is 0.683. The summed E-state index contributed by atoms with van der Waals surface area (Å²) >= 11 is 1.71. The van der Waals surface area contributed by atoms with Gasteiger partial charge in [-0.15, -0.1) is 0 Å². The van der Waals surface area contributed by atoms with E-state index in [1.54, 1.807) is 11.8 Å². The van der Waals surface area contributed by atoms with Crippen molar-refractivity contribution in [1.82, 2.24) is 4.90 Å². The minimum absolute atomic E-state index is 0.130. The minimum Gasteiger partial charge on any atom is -0.299 e. The molecule has 2 amide bonds. The molecule has 5 heteroatoms. The molecule has 3 rings (SSSR count). The number of thioether (sulfide) groups is 1. The lowest BCUT2D eigenvalue weighted by atomic mass is 9.87. The fourth-order valence-corrected chi connectivity index (χ4v) is 4.33. The number of rotatable bonds is 4. The average molecular weight is 317 g/mol. The molecule has 0 radical (unpaired) electrons. The van der Waals surface area contributed by atoms with Gasteiger partial charge in [0, 0.05) is 36.8 Å². The third-order valence-electron chi connectivity index (χ3n) is 4.44. The standard InChI is InChI=1S/C17H19NO3S/c19-15-7-9-22-11-14(15)13-10-16(20)18(17(13)21)8-6-12-4-2-1-3-5-12/h1-5,13-14H,6-11H2/t13-,14?/m1/s1. The first-order valence-electron chi connectivity index (χ1n) is 7.65. The van der Waals surface area contributed by atoms with Crippen molar-refractivity contribution in [3.05, 3.63) is 35.9 Å². The van der Waals surface area contributed by atoms with E-state index in [4.69, 9.17) is 0 Å². The summed E-state index contributed by atoms with van der Waals surface area (Å²) in [7, 11) is 0. The van der Waals surface area contributed by atoms with Crippen LogP contribution in [0.25, 0.3) is 0 Å². The van der Waals surface area contributed by atoms with E-state index in [1.165, 1.54) is 4.90 Å². The third kappa shape index (κ3) is 3.09. The Hall–Kier alpha value is -1.62. The average Bonchev–Trinajstić information content (AvgIpc) is 2.81. The Labute approximate surface area is 134 Å².